The number of hydrogen-bond donors (Lipinski definition) is 0. The van der Waals surface area contributed by atoms with Gasteiger partial charge in [0.1, 0.15) is 22.5 Å². The Balaban J connectivity index is 1.34. The van der Waals surface area contributed by atoms with Crippen molar-refractivity contribution in [3.8, 4) is 28.2 Å². The Morgan fingerprint density at radius 1 is 0.643 bits per heavy atom. The van der Waals surface area contributed by atoms with Crippen molar-refractivity contribution in [2.75, 3.05) is 0 Å². The number of aromatic nitrogens is 3. The fraction of sp³-hybridized carbons (Fsp3) is 0.216. The number of benzene rings is 7. The summed E-state index contributed by atoms with van der Waals surface area (Å²) >= 11 is 0. The summed E-state index contributed by atoms with van der Waals surface area (Å²) in [5.41, 5.74) is 10.8. The Kier molecular flexibility index (Phi) is 6.88. The molecule has 10 rings (SSSR count). The lowest BCUT2D eigenvalue weighted by atomic mass is 9.88. The van der Waals surface area contributed by atoms with Crippen LogP contribution in [0.4, 0.5) is 0 Å². The first kappa shape index (κ1) is 31.1. The van der Waals surface area contributed by atoms with E-state index in [1.807, 2.05) is 30.3 Å². The third-order valence-corrected chi connectivity index (χ3v) is 11.3. The summed E-state index contributed by atoms with van der Waals surface area (Å²) in [7, 11) is 0. The number of fused-ring (bicyclic) bond motifs is 9. The first-order valence-corrected chi connectivity index (χ1v) is 19.5. The van der Waals surface area contributed by atoms with Crippen LogP contribution < -0.4 is 0 Å². The van der Waals surface area contributed by atoms with Gasteiger partial charge < -0.3 is 8.83 Å². The highest BCUT2D eigenvalue weighted by Gasteiger charge is 2.28. The SMILES string of the molecule is [2H]C([2H])([2H])c1ccc(-c2nc3ccc4ccccc4c3n2-c2c(C(C)C)cc(-c3ccccc3)cc2C(C)C)c2oc3cc4c(ccc5oc(C(C)(C)C)nc54)cc3c12. The van der Waals surface area contributed by atoms with Crippen LogP contribution in [0.25, 0.3) is 93.8 Å². The van der Waals surface area contributed by atoms with Crippen molar-refractivity contribution in [1.29, 1.82) is 0 Å². The van der Waals surface area contributed by atoms with Crippen molar-refractivity contribution in [3.05, 3.63) is 138 Å². The second-order valence-corrected chi connectivity index (χ2v) is 16.8. The van der Waals surface area contributed by atoms with Crippen LogP contribution in [0.15, 0.2) is 124 Å². The molecule has 0 fully saturated rings. The number of aryl methyl sites for hydroxylation is 1. The number of rotatable bonds is 5. The molecule has 3 heterocycles. The Morgan fingerprint density at radius 3 is 2.11 bits per heavy atom. The summed E-state index contributed by atoms with van der Waals surface area (Å²) in [6.07, 6.45) is 0. The molecule has 5 nitrogen and oxygen atoms in total. The molecule has 3 aromatic heterocycles. The van der Waals surface area contributed by atoms with Crippen molar-refractivity contribution in [1.82, 2.24) is 14.5 Å². The fourth-order valence-electron chi connectivity index (χ4n) is 8.44. The molecule has 0 unspecified atom stereocenters. The maximum Gasteiger partial charge on any atom is 0.200 e. The van der Waals surface area contributed by atoms with Gasteiger partial charge in [0.15, 0.2) is 5.58 Å². The largest absolute Gasteiger partial charge is 0.455 e. The van der Waals surface area contributed by atoms with E-state index in [1.54, 1.807) is 6.07 Å². The number of nitrogens with zero attached hydrogens (tertiary/aromatic N) is 3. The normalized spacial score (nSPS) is 13.6. The molecule has 0 amide bonds. The molecule has 0 bridgehead atoms. The highest BCUT2D eigenvalue weighted by molar-refractivity contribution is 6.17. The maximum atomic E-state index is 8.72. The van der Waals surface area contributed by atoms with Gasteiger partial charge in [0, 0.05) is 31.1 Å². The predicted octanol–water partition coefficient (Wildman–Crippen LogP) is 14.6. The summed E-state index contributed by atoms with van der Waals surface area (Å²) in [6.45, 7) is 12.8. The van der Waals surface area contributed by atoms with E-state index in [4.69, 9.17) is 22.9 Å². The first-order valence-electron chi connectivity index (χ1n) is 21.0. The van der Waals surface area contributed by atoms with Crippen molar-refractivity contribution >= 4 is 65.6 Å². The topological polar surface area (TPSA) is 57.0 Å². The molecule has 0 saturated heterocycles. The third kappa shape index (κ3) is 5.21. The summed E-state index contributed by atoms with van der Waals surface area (Å²) in [6, 6.07) is 39.5. The zero-order valence-electron chi connectivity index (χ0n) is 35.8. The van der Waals surface area contributed by atoms with Gasteiger partial charge in [-0.2, -0.15) is 0 Å². The van der Waals surface area contributed by atoms with E-state index in [1.165, 1.54) is 16.7 Å². The molecule has 0 aliphatic rings. The molecule has 7 aromatic carbocycles. The quantitative estimate of drug-likeness (QED) is 0.177. The van der Waals surface area contributed by atoms with Gasteiger partial charge in [0.05, 0.1) is 22.3 Å². The van der Waals surface area contributed by atoms with Gasteiger partial charge in [-0.15, -0.1) is 0 Å². The lowest BCUT2D eigenvalue weighted by Gasteiger charge is -2.24. The van der Waals surface area contributed by atoms with E-state index >= 15 is 0 Å². The molecule has 10 aromatic rings. The third-order valence-electron chi connectivity index (χ3n) is 11.3. The lowest BCUT2D eigenvalue weighted by molar-refractivity contribution is 0.411. The minimum absolute atomic E-state index is 0.162. The molecule has 276 valence electrons. The van der Waals surface area contributed by atoms with E-state index in [9.17, 15) is 0 Å². The standard InChI is InChI=1S/C51H45N3O2/c1-28(2)37-25-34(31-14-10-9-11-15-31)26-38(29(3)4)46(37)54-47-35-17-13-12-16-32(35)19-22-41(47)52-49(54)36-21-18-30(5)44-40-24-33-20-23-42-45(53-50(56-42)51(6,7)8)39(33)27-43(40)55-48(36)44/h9-29H,1-8H3/i5D3. The molecular formula is C51H45N3O2. The number of hydrogen-bond acceptors (Lipinski definition) is 4. The van der Waals surface area contributed by atoms with Gasteiger partial charge >= 0.3 is 0 Å². The summed E-state index contributed by atoms with van der Waals surface area (Å²) in [5, 5.41) is 5.28. The zero-order chi connectivity index (χ0) is 41.1. The summed E-state index contributed by atoms with van der Waals surface area (Å²) < 4.78 is 41.7. The minimum atomic E-state index is -2.40. The van der Waals surface area contributed by atoms with E-state index in [2.05, 4.69) is 132 Å². The maximum absolute atomic E-state index is 8.72. The van der Waals surface area contributed by atoms with Gasteiger partial charge in [-0.3, -0.25) is 4.57 Å². The van der Waals surface area contributed by atoms with Crippen LogP contribution >= 0.6 is 0 Å². The van der Waals surface area contributed by atoms with Gasteiger partial charge in [0.2, 0.25) is 5.89 Å². The van der Waals surface area contributed by atoms with Crippen LogP contribution in [-0.2, 0) is 5.41 Å². The Morgan fingerprint density at radius 2 is 1.38 bits per heavy atom. The van der Waals surface area contributed by atoms with Gasteiger partial charge in [0.25, 0.3) is 0 Å². The molecule has 0 aliphatic carbocycles. The highest BCUT2D eigenvalue weighted by atomic mass is 16.3. The van der Waals surface area contributed by atoms with Crippen LogP contribution in [0.1, 0.15) is 87.0 Å². The van der Waals surface area contributed by atoms with Crippen molar-refractivity contribution in [2.45, 2.75) is 72.6 Å². The van der Waals surface area contributed by atoms with Gasteiger partial charge in [-0.05, 0) is 99.7 Å². The second kappa shape index (κ2) is 12.4. The number of imidazole rings is 1. The Bertz CT molecular complexity index is 3280. The predicted molar refractivity (Wildman–Crippen MR) is 233 cm³/mol. The minimum Gasteiger partial charge on any atom is -0.455 e. The van der Waals surface area contributed by atoms with Crippen LogP contribution in [-0.4, -0.2) is 14.5 Å². The molecule has 0 aliphatic heterocycles. The second-order valence-electron chi connectivity index (χ2n) is 16.8. The Labute approximate surface area is 330 Å². The Hall–Kier alpha value is -6.20. The number of oxazole rings is 1. The molecule has 0 saturated carbocycles. The molecule has 0 spiro atoms. The zero-order valence-corrected chi connectivity index (χ0v) is 32.8. The van der Waals surface area contributed by atoms with Crippen LogP contribution in [0.2, 0.25) is 0 Å². The molecule has 5 heteroatoms. The van der Waals surface area contributed by atoms with Gasteiger partial charge in [-0.25, -0.2) is 9.97 Å². The highest BCUT2D eigenvalue weighted by Crippen LogP contribution is 2.45. The van der Waals surface area contributed by atoms with E-state index in [0.29, 0.717) is 39.4 Å². The molecule has 0 atom stereocenters. The van der Waals surface area contributed by atoms with E-state index < -0.39 is 6.85 Å². The van der Waals surface area contributed by atoms with Crippen LogP contribution in [0.5, 0.6) is 0 Å². The summed E-state index contributed by atoms with van der Waals surface area (Å²) in [5.74, 6) is 1.67. The number of furan rings is 1. The molecule has 0 N–H and O–H groups in total. The van der Waals surface area contributed by atoms with Crippen LogP contribution in [0.3, 0.4) is 0 Å². The average Bonchev–Trinajstić information content (AvgIpc) is 3.93. The van der Waals surface area contributed by atoms with Crippen molar-refractivity contribution in [3.63, 3.8) is 0 Å². The fourth-order valence-corrected chi connectivity index (χ4v) is 8.44. The monoisotopic (exact) mass is 734 g/mol. The molecular weight excluding hydrogens is 687 g/mol. The lowest BCUT2D eigenvalue weighted by Crippen LogP contribution is -2.10. The average molecular weight is 735 g/mol. The molecule has 0 radical (unpaired) electrons. The van der Waals surface area contributed by atoms with E-state index in [0.717, 1.165) is 54.7 Å². The van der Waals surface area contributed by atoms with E-state index in [-0.39, 0.29) is 22.8 Å². The smallest absolute Gasteiger partial charge is 0.200 e. The van der Waals surface area contributed by atoms with Crippen molar-refractivity contribution < 1.29 is 12.9 Å². The first-order chi connectivity index (χ1) is 28.2. The summed E-state index contributed by atoms with van der Waals surface area (Å²) in [4.78, 5) is 10.4. The van der Waals surface area contributed by atoms with Crippen LogP contribution in [0, 0.1) is 6.85 Å². The van der Waals surface area contributed by atoms with Gasteiger partial charge in [-0.1, -0.05) is 121 Å². The molecule has 56 heavy (non-hydrogen) atoms. The van der Waals surface area contributed by atoms with Crippen molar-refractivity contribution in [2.24, 2.45) is 0 Å².